The molecule has 24 heavy (non-hydrogen) atoms. The van der Waals surface area contributed by atoms with E-state index in [2.05, 4.69) is 4.98 Å². The van der Waals surface area contributed by atoms with Gasteiger partial charge in [-0.25, -0.2) is 12.8 Å². The summed E-state index contributed by atoms with van der Waals surface area (Å²) in [4.78, 5) is 3.80. The summed E-state index contributed by atoms with van der Waals surface area (Å²) in [5.41, 5.74) is 0.465. The summed E-state index contributed by atoms with van der Waals surface area (Å²) in [6.07, 6.45) is 0. The molecule has 0 N–H and O–H groups in total. The Labute approximate surface area is 137 Å². The zero-order valence-electron chi connectivity index (χ0n) is 12.5. The van der Waals surface area contributed by atoms with Crippen molar-refractivity contribution in [2.75, 3.05) is 0 Å². The van der Waals surface area contributed by atoms with Crippen LogP contribution < -0.4 is 0 Å². The zero-order valence-corrected chi connectivity index (χ0v) is 13.3. The molecule has 0 fully saturated rings. The lowest BCUT2D eigenvalue weighted by atomic mass is 10.2. The highest BCUT2D eigenvalue weighted by atomic mass is 32.2. The molecule has 3 aromatic rings. The van der Waals surface area contributed by atoms with Gasteiger partial charge in [0.15, 0.2) is 5.69 Å². The molecule has 0 radical (unpaired) electrons. The van der Waals surface area contributed by atoms with Crippen molar-refractivity contribution in [2.45, 2.75) is 16.9 Å². The van der Waals surface area contributed by atoms with E-state index in [1.807, 2.05) is 6.92 Å². The average Bonchev–Trinajstić information content (AvgIpc) is 3.00. The van der Waals surface area contributed by atoms with Crippen LogP contribution in [0.2, 0.25) is 0 Å². The summed E-state index contributed by atoms with van der Waals surface area (Å²) in [6.45, 7) is 1.82. The van der Waals surface area contributed by atoms with Gasteiger partial charge in [0.25, 0.3) is 5.09 Å². The first-order valence-corrected chi connectivity index (χ1v) is 8.39. The monoisotopic (exact) mass is 342 g/mol. The normalized spacial score (nSPS) is 11.2. The highest BCUT2D eigenvalue weighted by Gasteiger charge is 2.29. The number of aryl methyl sites for hydroxylation is 1. The van der Waals surface area contributed by atoms with Gasteiger partial charge >= 0.3 is 0 Å². The molecule has 1 heterocycles. The summed E-state index contributed by atoms with van der Waals surface area (Å²) in [7, 11) is -4.07. The maximum absolute atomic E-state index is 13.9. The van der Waals surface area contributed by atoms with Crippen LogP contribution in [0.1, 0.15) is 11.3 Å². The average molecular weight is 342 g/mol. The molecular formula is C17H11FN2O3S. The molecule has 0 unspecified atom stereocenters. The van der Waals surface area contributed by atoms with Gasteiger partial charge in [0, 0.05) is 0 Å². The Bertz CT molecular complexity index is 1050. The van der Waals surface area contributed by atoms with Crippen molar-refractivity contribution in [3.05, 3.63) is 65.6 Å². The van der Waals surface area contributed by atoms with Crippen LogP contribution >= 0.6 is 0 Å². The summed E-state index contributed by atoms with van der Waals surface area (Å²) in [5, 5.41) is 8.58. The van der Waals surface area contributed by atoms with Gasteiger partial charge in [-0.1, -0.05) is 29.8 Å². The van der Waals surface area contributed by atoms with Crippen LogP contribution in [0.4, 0.5) is 4.39 Å². The predicted octanol–water partition coefficient (Wildman–Crippen LogP) is 3.49. The number of nitrogens with zero attached hydrogens (tertiary/aromatic N) is 2. The van der Waals surface area contributed by atoms with Gasteiger partial charge in [0.1, 0.15) is 11.9 Å². The molecule has 0 aliphatic heterocycles. The molecule has 0 bridgehead atoms. The molecule has 0 saturated heterocycles. The van der Waals surface area contributed by atoms with Gasteiger partial charge in [-0.3, -0.25) is 0 Å². The minimum absolute atomic E-state index is 0.0145. The van der Waals surface area contributed by atoms with Crippen LogP contribution in [-0.4, -0.2) is 13.4 Å². The van der Waals surface area contributed by atoms with E-state index in [9.17, 15) is 18.1 Å². The van der Waals surface area contributed by atoms with Crippen molar-refractivity contribution in [3.8, 4) is 17.5 Å². The number of sulfone groups is 1. The van der Waals surface area contributed by atoms with Crippen molar-refractivity contribution in [2.24, 2.45) is 0 Å². The highest BCUT2D eigenvalue weighted by Crippen LogP contribution is 2.30. The number of hydrogen-bond acceptors (Lipinski definition) is 5. The third-order valence-electron chi connectivity index (χ3n) is 3.38. The SMILES string of the molecule is Cc1ccc(S(=O)(=O)c2oc(-c3ccccc3F)nc2C#N)cc1. The molecule has 5 nitrogen and oxygen atoms in total. The third kappa shape index (κ3) is 2.68. The fourth-order valence-corrected chi connectivity index (χ4v) is 3.38. The van der Waals surface area contributed by atoms with E-state index < -0.39 is 26.4 Å². The first-order valence-electron chi connectivity index (χ1n) is 6.91. The van der Waals surface area contributed by atoms with E-state index >= 15 is 0 Å². The summed E-state index contributed by atoms with van der Waals surface area (Å²) < 4.78 is 44.5. The lowest BCUT2D eigenvalue weighted by Gasteiger charge is -2.02. The Morgan fingerprint density at radius 2 is 1.79 bits per heavy atom. The summed E-state index contributed by atoms with van der Waals surface area (Å²) in [6, 6.07) is 13.4. The molecular weight excluding hydrogens is 331 g/mol. The minimum atomic E-state index is -4.07. The number of rotatable bonds is 3. The molecule has 2 aromatic carbocycles. The van der Waals surface area contributed by atoms with Crippen molar-refractivity contribution in [1.82, 2.24) is 4.98 Å². The lowest BCUT2D eigenvalue weighted by Crippen LogP contribution is -2.02. The number of halogens is 1. The van der Waals surface area contributed by atoms with E-state index in [1.54, 1.807) is 24.3 Å². The van der Waals surface area contributed by atoms with Gasteiger partial charge < -0.3 is 4.42 Å². The van der Waals surface area contributed by atoms with Gasteiger partial charge in [0.05, 0.1) is 10.5 Å². The van der Waals surface area contributed by atoms with Gasteiger partial charge in [0.2, 0.25) is 15.7 Å². The first-order chi connectivity index (χ1) is 11.4. The Hall–Kier alpha value is -2.98. The number of nitriles is 1. The lowest BCUT2D eigenvalue weighted by molar-refractivity contribution is 0.454. The van der Waals surface area contributed by atoms with Crippen LogP contribution in [0.15, 0.2) is 62.9 Å². The Morgan fingerprint density at radius 1 is 1.12 bits per heavy atom. The molecule has 0 aliphatic carbocycles. The quantitative estimate of drug-likeness (QED) is 0.727. The second kappa shape index (κ2) is 5.91. The fraction of sp³-hybridized carbons (Fsp3) is 0.0588. The van der Waals surface area contributed by atoms with Crippen LogP contribution in [0.3, 0.4) is 0 Å². The van der Waals surface area contributed by atoms with Gasteiger partial charge in [-0.2, -0.15) is 10.2 Å². The van der Waals surface area contributed by atoms with Gasteiger partial charge in [-0.15, -0.1) is 0 Å². The second-order valence-electron chi connectivity index (χ2n) is 5.06. The number of oxazole rings is 1. The molecule has 1 aromatic heterocycles. The maximum atomic E-state index is 13.9. The first kappa shape index (κ1) is 15.9. The number of hydrogen-bond donors (Lipinski definition) is 0. The van der Waals surface area contributed by atoms with E-state index in [0.29, 0.717) is 0 Å². The Balaban J connectivity index is 2.17. The molecule has 0 aliphatic rings. The zero-order chi connectivity index (χ0) is 17.3. The van der Waals surface area contributed by atoms with Crippen molar-refractivity contribution < 1.29 is 17.2 Å². The maximum Gasteiger partial charge on any atom is 0.261 e. The third-order valence-corrected chi connectivity index (χ3v) is 5.04. The number of aromatic nitrogens is 1. The fourth-order valence-electron chi connectivity index (χ4n) is 2.13. The molecule has 0 spiro atoms. The van der Waals surface area contributed by atoms with Crippen LogP contribution in [0.25, 0.3) is 11.5 Å². The van der Waals surface area contributed by atoms with Crippen molar-refractivity contribution in [1.29, 1.82) is 5.26 Å². The largest absolute Gasteiger partial charge is 0.423 e. The van der Waals surface area contributed by atoms with Crippen LogP contribution in [0, 0.1) is 24.1 Å². The van der Waals surface area contributed by atoms with Gasteiger partial charge in [-0.05, 0) is 31.2 Å². The molecule has 0 saturated carbocycles. The van der Waals surface area contributed by atoms with Crippen LogP contribution in [-0.2, 0) is 9.84 Å². The molecule has 0 amide bonds. The minimum Gasteiger partial charge on any atom is -0.423 e. The number of benzene rings is 2. The Kier molecular flexibility index (Phi) is 3.91. The van der Waals surface area contributed by atoms with E-state index in [-0.39, 0.29) is 16.3 Å². The second-order valence-corrected chi connectivity index (χ2v) is 6.91. The summed E-state index contributed by atoms with van der Waals surface area (Å²) in [5.74, 6) is -0.877. The summed E-state index contributed by atoms with van der Waals surface area (Å²) >= 11 is 0. The molecule has 0 atom stereocenters. The van der Waals surface area contributed by atoms with E-state index in [1.165, 1.54) is 30.3 Å². The van der Waals surface area contributed by atoms with Crippen molar-refractivity contribution >= 4 is 9.84 Å². The Morgan fingerprint density at radius 3 is 2.42 bits per heavy atom. The standard InChI is InChI=1S/C17H11FN2O3S/c1-11-6-8-12(9-7-11)24(21,22)17-15(10-19)20-16(23-17)13-4-2-3-5-14(13)18/h2-9H,1H3. The molecule has 3 rings (SSSR count). The highest BCUT2D eigenvalue weighted by molar-refractivity contribution is 7.91. The molecule has 7 heteroatoms. The predicted molar refractivity (Wildman–Crippen MR) is 83.2 cm³/mol. The van der Waals surface area contributed by atoms with Crippen LogP contribution in [0.5, 0.6) is 0 Å². The smallest absolute Gasteiger partial charge is 0.261 e. The van der Waals surface area contributed by atoms with E-state index in [0.717, 1.165) is 5.56 Å². The van der Waals surface area contributed by atoms with E-state index in [4.69, 9.17) is 4.42 Å². The molecule has 120 valence electrons. The van der Waals surface area contributed by atoms with Crippen molar-refractivity contribution in [3.63, 3.8) is 0 Å². The topological polar surface area (TPSA) is 84.0 Å².